The maximum absolute atomic E-state index is 12.4. The average Bonchev–Trinajstić information content (AvgIpc) is 3.13. The highest BCUT2D eigenvalue weighted by molar-refractivity contribution is 5.78. The van der Waals surface area contributed by atoms with Gasteiger partial charge in [-0.05, 0) is 51.4 Å². The number of carbonyl (C=O) groups excluding carboxylic acids is 2. The summed E-state index contributed by atoms with van der Waals surface area (Å²) in [5.41, 5.74) is 0. The van der Waals surface area contributed by atoms with E-state index in [1.165, 1.54) is 193 Å². The van der Waals surface area contributed by atoms with Crippen LogP contribution < -0.4 is 5.32 Å². The molecule has 0 aromatic heterocycles. The van der Waals surface area contributed by atoms with Crippen LogP contribution in [0.5, 0.6) is 0 Å². The summed E-state index contributed by atoms with van der Waals surface area (Å²) in [6.45, 7) is 4.61. The molecule has 0 unspecified atom stereocenters. The molecule has 0 fully saturated rings. The van der Waals surface area contributed by atoms with Gasteiger partial charge in [-0.2, -0.15) is 0 Å². The third kappa shape index (κ3) is 41.5. The lowest BCUT2D eigenvalue weighted by atomic mass is 10.0. The molecule has 0 bridgehead atoms. The molecule has 0 saturated carbocycles. The van der Waals surface area contributed by atoms with E-state index in [2.05, 4.69) is 31.3 Å². The minimum Gasteiger partial charge on any atom is -0.394 e. The Labute approximate surface area is 320 Å². The third-order valence-electron chi connectivity index (χ3n) is 10.8. The second-order valence-electron chi connectivity index (χ2n) is 16.0. The zero-order chi connectivity index (χ0) is 37.1. The first-order valence-corrected chi connectivity index (χ1v) is 23.2. The van der Waals surface area contributed by atoms with Gasteiger partial charge in [0.15, 0.2) is 0 Å². The van der Waals surface area contributed by atoms with Crippen molar-refractivity contribution < 1.29 is 14.7 Å². The number of hydrogen-bond donors (Lipinski definition) is 2. The molecule has 0 saturated heterocycles. The van der Waals surface area contributed by atoms with Crippen molar-refractivity contribution in [2.75, 3.05) is 6.61 Å². The van der Waals surface area contributed by atoms with Gasteiger partial charge < -0.3 is 10.4 Å². The van der Waals surface area contributed by atoms with E-state index in [0.29, 0.717) is 12.2 Å². The SMILES string of the molecule is CCCCCCCC/C=C\CCCCCCCC(=O)CCCCCCCCCCC(=O)N[C@H](CO)CCCCCCCCCCCCCCCC. The second kappa shape index (κ2) is 43.2. The van der Waals surface area contributed by atoms with Gasteiger partial charge in [0.2, 0.25) is 5.91 Å². The lowest BCUT2D eigenvalue weighted by molar-refractivity contribution is -0.122. The normalized spacial score (nSPS) is 12.2. The van der Waals surface area contributed by atoms with Crippen LogP contribution in [-0.2, 0) is 9.59 Å². The lowest BCUT2D eigenvalue weighted by Gasteiger charge is -2.16. The van der Waals surface area contributed by atoms with Gasteiger partial charge in [0.1, 0.15) is 5.78 Å². The number of amides is 1. The predicted molar refractivity (Wildman–Crippen MR) is 225 cm³/mol. The Morgan fingerprint density at radius 3 is 1.12 bits per heavy atom. The van der Waals surface area contributed by atoms with Crippen LogP contribution in [0, 0.1) is 0 Å². The molecule has 0 aliphatic heterocycles. The standard InChI is InChI=1S/C47H91NO3/c1-3-5-7-9-11-13-15-17-19-21-23-25-29-33-37-41-46(50)42-38-34-30-26-27-31-35-39-43-47(51)48-45(44-49)40-36-32-28-24-22-20-18-16-14-12-10-8-6-4-2/h17,19,45,49H,3-16,18,20-44H2,1-2H3,(H,48,51)/b19-17-/t45-/m0/s1. The smallest absolute Gasteiger partial charge is 0.220 e. The van der Waals surface area contributed by atoms with Crippen LogP contribution in [0.4, 0.5) is 0 Å². The van der Waals surface area contributed by atoms with Crippen molar-refractivity contribution >= 4 is 11.7 Å². The predicted octanol–water partition coefficient (Wildman–Crippen LogP) is 14.8. The fraction of sp³-hybridized carbons (Fsp3) is 0.915. The highest BCUT2D eigenvalue weighted by Crippen LogP contribution is 2.16. The molecule has 4 heteroatoms. The van der Waals surface area contributed by atoms with Crippen molar-refractivity contribution in [1.29, 1.82) is 0 Å². The quantitative estimate of drug-likeness (QED) is 0.0487. The van der Waals surface area contributed by atoms with Crippen LogP contribution in [0.25, 0.3) is 0 Å². The molecule has 1 atom stereocenters. The van der Waals surface area contributed by atoms with Crippen molar-refractivity contribution in [2.24, 2.45) is 0 Å². The summed E-state index contributed by atoms with van der Waals surface area (Å²) in [7, 11) is 0. The molecule has 0 aliphatic carbocycles. The maximum atomic E-state index is 12.4. The summed E-state index contributed by atoms with van der Waals surface area (Å²) >= 11 is 0. The number of unbranched alkanes of at least 4 members (excludes halogenated alkanes) is 31. The molecule has 2 N–H and O–H groups in total. The molecule has 0 heterocycles. The van der Waals surface area contributed by atoms with Crippen LogP contribution in [0.1, 0.15) is 264 Å². The number of aliphatic hydroxyl groups is 1. The van der Waals surface area contributed by atoms with E-state index in [-0.39, 0.29) is 18.6 Å². The van der Waals surface area contributed by atoms with Gasteiger partial charge in [-0.15, -0.1) is 0 Å². The molecule has 0 spiro atoms. The summed E-state index contributed by atoms with van der Waals surface area (Å²) in [6.07, 6.45) is 52.7. The highest BCUT2D eigenvalue weighted by Gasteiger charge is 2.11. The molecule has 51 heavy (non-hydrogen) atoms. The zero-order valence-electron chi connectivity index (χ0n) is 34.8. The highest BCUT2D eigenvalue weighted by atomic mass is 16.3. The van der Waals surface area contributed by atoms with Gasteiger partial charge in [0.05, 0.1) is 12.6 Å². The maximum Gasteiger partial charge on any atom is 0.220 e. The molecule has 302 valence electrons. The first-order chi connectivity index (χ1) is 25.1. The largest absolute Gasteiger partial charge is 0.394 e. The molecule has 0 radical (unpaired) electrons. The van der Waals surface area contributed by atoms with Crippen molar-refractivity contribution in [3.63, 3.8) is 0 Å². The summed E-state index contributed by atoms with van der Waals surface area (Å²) in [6, 6.07) is -0.0800. The summed E-state index contributed by atoms with van der Waals surface area (Å²) < 4.78 is 0. The van der Waals surface area contributed by atoms with Crippen LogP contribution >= 0.6 is 0 Å². The average molecular weight is 718 g/mol. The number of ketones is 1. The van der Waals surface area contributed by atoms with E-state index >= 15 is 0 Å². The number of allylic oxidation sites excluding steroid dienone is 2. The van der Waals surface area contributed by atoms with Gasteiger partial charge in [0, 0.05) is 19.3 Å². The Kier molecular flexibility index (Phi) is 42.3. The third-order valence-corrected chi connectivity index (χ3v) is 10.8. The topological polar surface area (TPSA) is 66.4 Å². The molecule has 0 rings (SSSR count). The van der Waals surface area contributed by atoms with Gasteiger partial charge in [0.25, 0.3) is 0 Å². The van der Waals surface area contributed by atoms with Gasteiger partial charge in [-0.1, -0.05) is 206 Å². The zero-order valence-corrected chi connectivity index (χ0v) is 34.8. The number of rotatable bonds is 43. The Balaban J connectivity index is 3.43. The van der Waals surface area contributed by atoms with E-state index in [1.807, 2.05) is 0 Å². The number of aliphatic hydroxyl groups excluding tert-OH is 1. The van der Waals surface area contributed by atoms with Crippen LogP contribution in [0.2, 0.25) is 0 Å². The first kappa shape index (κ1) is 49.8. The van der Waals surface area contributed by atoms with Crippen molar-refractivity contribution in [3.05, 3.63) is 12.2 Å². The number of nitrogens with one attached hydrogen (secondary N) is 1. The molecule has 0 aromatic rings. The Morgan fingerprint density at radius 2 is 0.745 bits per heavy atom. The van der Waals surface area contributed by atoms with Crippen molar-refractivity contribution in [3.8, 4) is 0 Å². The fourth-order valence-corrected chi connectivity index (χ4v) is 7.28. The van der Waals surface area contributed by atoms with Crippen molar-refractivity contribution in [1.82, 2.24) is 5.32 Å². The molecule has 0 aromatic carbocycles. The van der Waals surface area contributed by atoms with Gasteiger partial charge >= 0.3 is 0 Å². The monoisotopic (exact) mass is 718 g/mol. The lowest BCUT2D eigenvalue weighted by Crippen LogP contribution is -2.37. The second-order valence-corrected chi connectivity index (χ2v) is 16.0. The van der Waals surface area contributed by atoms with Crippen LogP contribution in [0.3, 0.4) is 0 Å². The minimum absolute atomic E-state index is 0.0491. The summed E-state index contributed by atoms with van der Waals surface area (Å²) in [4.78, 5) is 24.6. The number of carbonyl (C=O) groups is 2. The fourth-order valence-electron chi connectivity index (χ4n) is 7.28. The molecule has 0 aliphatic rings. The van der Waals surface area contributed by atoms with E-state index in [0.717, 1.165) is 51.4 Å². The van der Waals surface area contributed by atoms with E-state index in [1.54, 1.807) is 0 Å². The van der Waals surface area contributed by atoms with Crippen molar-refractivity contribution in [2.45, 2.75) is 270 Å². The van der Waals surface area contributed by atoms with E-state index in [4.69, 9.17) is 0 Å². The van der Waals surface area contributed by atoms with Crippen LogP contribution in [0.15, 0.2) is 12.2 Å². The molecule has 4 nitrogen and oxygen atoms in total. The molecule has 1 amide bonds. The van der Waals surface area contributed by atoms with E-state index < -0.39 is 0 Å². The number of Topliss-reactive ketones (excluding diaryl/α,β-unsaturated/α-hetero) is 1. The Hall–Kier alpha value is -1.16. The molecular formula is C47H91NO3. The van der Waals surface area contributed by atoms with E-state index in [9.17, 15) is 14.7 Å². The van der Waals surface area contributed by atoms with Gasteiger partial charge in [-0.3, -0.25) is 9.59 Å². The first-order valence-electron chi connectivity index (χ1n) is 23.2. The summed E-state index contributed by atoms with van der Waals surface area (Å²) in [5.74, 6) is 0.569. The minimum atomic E-state index is -0.0800. The Morgan fingerprint density at radius 1 is 0.431 bits per heavy atom. The van der Waals surface area contributed by atoms with Crippen LogP contribution in [-0.4, -0.2) is 29.4 Å². The van der Waals surface area contributed by atoms with Gasteiger partial charge in [-0.25, -0.2) is 0 Å². The molecular weight excluding hydrogens is 627 g/mol. The Bertz CT molecular complexity index is 735. The summed E-state index contributed by atoms with van der Waals surface area (Å²) in [5, 5.41) is 12.8. The number of hydrogen-bond acceptors (Lipinski definition) is 3.